The number of halogens is 3. The molecule has 2 aliphatic heterocycles. The van der Waals surface area contributed by atoms with Crippen molar-refractivity contribution in [3.05, 3.63) is 63.1 Å². The second kappa shape index (κ2) is 7.02. The summed E-state index contributed by atoms with van der Waals surface area (Å²) < 4.78 is 4.75. The van der Waals surface area contributed by atoms with Gasteiger partial charge in [0.15, 0.2) is 11.3 Å². The second-order valence-corrected chi connectivity index (χ2v) is 7.76. The fraction of sp³-hybridized carbons (Fsp3) is 0.158. The number of fused-ring (bicyclic) bond motifs is 1. The molecule has 0 unspecified atom stereocenters. The van der Waals surface area contributed by atoms with Crippen LogP contribution < -0.4 is 10.3 Å². The van der Waals surface area contributed by atoms with E-state index in [0.29, 0.717) is 10.6 Å². The van der Waals surface area contributed by atoms with Gasteiger partial charge in [0.1, 0.15) is 5.92 Å². The van der Waals surface area contributed by atoms with Gasteiger partial charge in [-0.2, -0.15) is 5.10 Å². The smallest absolute Gasteiger partial charge is 0.355 e. The quantitative estimate of drug-likeness (QED) is 0.571. The number of ether oxygens (including phenoxy) is 1. The molecule has 2 aromatic rings. The third kappa shape index (κ3) is 2.88. The van der Waals surface area contributed by atoms with E-state index in [1.54, 1.807) is 24.3 Å². The van der Waals surface area contributed by atoms with Crippen molar-refractivity contribution < 1.29 is 19.1 Å². The maximum absolute atomic E-state index is 13.6. The highest BCUT2D eigenvalue weighted by Gasteiger charge is 2.67. The summed E-state index contributed by atoms with van der Waals surface area (Å²) in [4.78, 5) is 40.1. The van der Waals surface area contributed by atoms with E-state index in [-0.39, 0.29) is 21.4 Å². The SMILES string of the molecule is COC(=O)C1=NN[C@]2(c3ccc(Cl)cc3)C(=O)N(c3cc(Cl)cc(Cl)c3)C(=O)[C@H]12. The highest BCUT2D eigenvalue weighted by atomic mass is 35.5. The van der Waals surface area contributed by atoms with Crippen LogP contribution >= 0.6 is 34.8 Å². The van der Waals surface area contributed by atoms with Crippen molar-refractivity contribution in [1.82, 2.24) is 5.43 Å². The van der Waals surface area contributed by atoms with Crippen molar-refractivity contribution in [2.75, 3.05) is 12.0 Å². The number of benzene rings is 2. The summed E-state index contributed by atoms with van der Waals surface area (Å²) in [6.45, 7) is 0. The zero-order valence-electron chi connectivity index (χ0n) is 14.8. The number of esters is 1. The maximum atomic E-state index is 13.6. The number of hydrogen-bond donors (Lipinski definition) is 1. The molecule has 2 atom stereocenters. The Morgan fingerprint density at radius 3 is 2.28 bits per heavy atom. The minimum Gasteiger partial charge on any atom is -0.464 e. The zero-order valence-corrected chi connectivity index (χ0v) is 17.0. The molecule has 2 amide bonds. The van der Waals surface area contributed by atoms with Crippen molar-refractivity contribution in [3.63, 3.8) is 0 Å². The average molecular weight is 453 g/mol. The molecule has 1 fully saturated rings. The highest BCUT2D eigenvalue weighted by molar-refractivity contribution is 6.47. The van der Waals surface area contributed by atoms with E-state index in [0.717, 1.165) is 4.90 Å². The van der Waals surface area contributed by atoms with Crippen LogP contribution in [-0.2, 0) is 24.7 Å². The molecule has 1 N–H and O–H groups in total. The van der Waals surface area contributed by atoms with Gasteiger partial charge in [0.05, 0.1) is 12.8 Å². The zero-order chi connectivity index (χ0) is 20.9. The van der Waals surface area contributed by atoms with Gasteiger partial charge in [-0.05, 0) is 35.9 Å². The molecule has 2 aromatic carbocycles. The Hall–Kier alpha value is -2.61. The van der Waals surface area contributed by atoms with E-state index in [9.17, 15) is 14.4 Å². The number of amides is 2. The molecule has 4 rings (SSSR count). The van der Waals surface area contributed by atoms with Crippen LogP contribution in [0.25, 0.3) is 0 Å². The summed E-state index contributed by atoms with van der Waals surface area (Å²) in [7, 11) is 1.17. The van der Waals surface area contributed by atoms with Crippen molar-refractivity contribution in [2.24, 2.45) is 11.0 Å². The van der Waals surface area contributed by atoms with E-state index in [1.165, 1.54) is 25.3 Å². The maximum Gasteiger partial charge on any atom is 0.355 e. The molecular weight excluding hydrogens is 441 g/mol. The molecule has 0 bridgehead atoms. The molecule has 0 spiro atoms. The van der Waals surface area contributed by atoms with Crippen LogP contribution in [-0.4, -0.2) is 30.6 Å². The normalized spacial score (nSPS) is 23.0. The van der Waals surface area contributed by atoms with Gasteiger partial charge >= 0.3 is 5.97 Å². The van der Waals surface area contributed by atoms with Gasteiger partial charge < -0.3 is 4.74 Å². The van der Waals surface area contributed by atoms with Crippen molar-refractivity contribution in [1.29, 1.82) is 0 Å². The summed E-state index contributed by atoms with van der Waals surface area (Å²) >= 11 is 18.1. The van der Waals surface area contributed by atoms with E-state index in [4.69, 9.17) is 39.5 Å². The van der Waals surface area contributed by atoms with Gasteiger partial charge in [-0.25, -0.2) is 9.69 Å². The van der Waals surface area contributed by atoms with E-state index < -0.39 is 29.2 Å². The Bertz CT molecular complexity index is 1070. The first-order valence-corrected chi connectivity index (χ1v) is 9.46. The van der Waals surface area contributed by atoms with Crippen LogP contribution in [0.2, 0.25) is 15.1 Å². The van der Waals surface area contributed by atoms with E-state index >= 15 is 0 Å². The molecular formula is C19H12Cl3N3O4. The van der Waals surface area contributed by atoms with Crippen LogP contribution in [0.3, 0.4) is 0 Å². The first-order chi connectivity index (χ1) is 13.8. The lowest BCUT2D eigenvalue weighted by atomic mass is 9.79. The number of nitrogens with zero attached hydrogens (tertiary/aromatic N) is 2. The first kappa shape index (κ1) is 19.7. The number of hydrazone groups is 1. The first-order valence-electron chi connectivity index (χ1n) is 8.33. The third-order valence-corrected chi connectivity index (χ3v) is 5.55. The summed E-state index contributed by atoms with van der Waals surface area (Å²) in [5.74, 6) is -3.33. The minimum absolute atomic E-state index is 0.186. The molecule has 0 radical (unpaired) electrons. The number of anilines is 1. The summed E-state index contributed by atoms with van der Waals surface area (Å²) in [6.07, 6.45) is 0. The molecule has 0 saturated carbocycles. The topological polar surface area (TPSA) is 88.1 Å². The molecule has 0 aliphatic carbocycles. The van der Waals surface area contributed by atoms with Gasteiger partial charge in [0.25, 0.3) is 5.91 Å². The van der Waals surface area contributed by atoms with E-state index in [1.807, 2.05) is 0 Å². The van der Waals surface area contributed by atoms with Gasteiger partial charge in [-0.3, -0.25) is 15.0 Å². The fourth-order valence-corrected chi connectivity index (χ4v) is 4.25. The monoisotopic (exact) mass is 451 g/mol. The Kier molecular flexibility index (Phi) is 4.77. The third-order valence-electron chi connectivity index (χ3n) is 4.87. The number of carbonyl (C=O) groups excluding carboxylic acids is 3. The van der Waals surface area contributed by atoms with Crippen molar-refractivity contribution in [2.45, 2.75) is 5.54 Å². The summed E-state index contributed by atoms with van der Waals surface area (Å²) in [6, 6.07) is 10.7. The number of imide groups is 1. The standard InChI is InChI=1S/C19H12Cl3N3O4/c1-29-17(27)15-14-16(26)25(13-7-11(21)6-12(22)8-13)18(28)19(14,24-23-15)9-2-4-10(20)5-3-9/h2-8,14,24H,1H3/t14-,19-/m0/s1. The lowest BCUT2D eigenvalue weighted by Gasteiger charge is -2.26. The highest BCUT2D eigenvalue weighted by Crippen LogP contribution is 2.45. The summed E-state index contributed by atoms with van der Waals surface area (Å²) in [5.41, 5.74) is 1.49. The Labute approximate surface area is 180 Å². The predicted molar refractivity (Wildman–Crippen MR) is 108 cm³/mol. The molecule has 2 heterocycles. The molecule has 0 aromatic heterocycles. The Morgan fingerprint density at radius 1 is 1.07 bits per heavy atom. The molecule has 1 saturated heterocycles. The lowest BCUT2D eigenvalue weighted by Crippen LogP contribution is -2.48. The number of methoxy groups -OCH3 is 1. The molecule has 148 valence electrons. The lowest BCUT2D eigenvalue weighted by molar-refractivity contribution is -0.133. The van der Waals surface area contributed by atoms with Gasteiger partial charge in [-0.1, -0.05) is 46.9 Å². The van der Waals surface area contributed by atoms with Crippen LogP contribution in [0.1, 0.15) is 5.56 Å². The number of nitrogens with one attached hydrogen (secondary N) is 1. The molecule has 29 heavy (non-hydrogen) atoms. The Morgan fingerprint density at radius 2 is 1.69 bits per heavy atom. The molecule has 2 aliphatic rings. The molecule has 10 heteroatoms. The van der Waals surface area contributed by atoms with Crippen molar-refractivity contribution >= 4 is 64.0 Å². The summed E-state index contributed by atoms with van der Waals surface area (Å²) in [5, 5.41) is 4.91. The van der Waals surface area contributed by atoms with Gasteiger partial charge in [0.2, 0.25) is 5.91 Å². The number of carbonyl (C=O) groups is 3. The van der Waals surface area contributed by atoms with E-state index in [2.05, 4.69) is 10.5 Å². The number of rotatable bonds is 3. The van der Waals surface area contributed by atoms with Crippen LogP contribution in [0.5, 0.6) is 0 Å². The van der Waals surface area contributed by atoms with Crippen LogP contribution in [0.4, 0.5) is 5.69 Å². The van der Waals surface area contributed by atoms with Crippen molar-refractivity contribution in [3.8, 4) is 0 Å². The molecule has 7 nitrogen and oxygen atoms in total. The fourth-order valence-electron chi connectivity index (χ4n) is 3.61. The average Bonchev–Trinajstić information content (AvgIpc) is 3.17. The predicted octanol–water partition coefficient (Wildman–Crippen LogP) is 3.16. The van der Waals surface area contributed by atoms with Crippen LogP contribution in [0.15, 0.2) is 47.6 Å². The Balaban J connectivity index is 1.91. The second-order valence-electron chi connectivity index (χ2n) is 6.45. The largest absolute Gasteiger partial charge is 0.464 e. The number of hydrogen-bond acceptors (Lipinski definition) is 6. The van der Waals surface area contributed by atoms with Gasteiger partial charge in [-0.15, -0.1) is 0 Å². The van der Waals surface area contributed by atoms with Gasteiger partial charge in [0, 0.05) is 15.1 Å². The minimum atomic E-state index is -1.63. The van der Waals surface area contributed by atoms with Crippen LogP contribution in [0, 0.1) is 5.92 Å².